The molecular formula is C15H14F3N3O3. The molecule has 0 bridgehead atoms. The van der Waals surface area contributed by atoms with Crippen molar-refractivity contribution in [3.8, 4) is 5.75 Å². The number of amides is 1. The molecule has 0 atom stereocenters. The van der Waals surface area contributed by atoms with Crippen LogP contribution < -0.4 is 15.6 Å². The van der Waals surface area contributed by atoms with E-state index in [2.05, 4.69) is 10.4 Å². The molecule has 1 N–H and O–H groups in total. The summed E-state index contributed by atoms with van der Waals surface area (Å²) < 4.78 is 43.9. The molecule has 6 nitrogen and oxygen atoms in total. The molecule has 2 rings (SSSR count). The molecule has 0 saturated heterocycles. The molecule has 1 aromatic heterocycles. The van der Waals surface area contributed by atoms with E-state index in [1.165, 1.54) is 31.3 Å². The molecule has 0 unspecified atom stereocenters. The van der Waals surface area contributed by atoms with E-state index >= 15 is 0 Å². The van der Waals surface area contributed by atoms with Crippen molar-refractivity contribution in [3.63, 3.8) is 0 Å². The standard InChI is InChI=1S/C15H14F3N3O3/c1-21-13(22)6-5-12(20-21)14(23)19-7-8-24-11-4-2-3-10(9-11)15(16,17)18/h2-6,9H,7-8H2,1H3,(H,19,23). The highest BCUT2D eigenvalue weighted by Crippen LogP contribution is 2.31. The number of rotatable bonds is 5. The molecule has 0 fully saturated rings. The number of halogens is 3. The Morgan fingerprint density at radius 2 is 2.04 bits per heavy atom. The van der Waals surface area contributed by atoms with Gasteiger partial charge < -0.3 is 10.1 Å². The van der Waals surface area contributed by atoms with Gasteiger partial charge in [0.05, 0.1) is 12.1 Å². The zero-order chi connectivity index (χ0) is 17.7. The number of ether oxygens (including phenoxy) is 1. The SMILES string of the molecule is Cn1nc(C(=O)NCCOc2cccc(C(F)(F)F)c2)ccc1=O. The summed E-state index contributed by atoms with van der Waals surface area (Å²) in [7, 11) is 1.41. The number of carbonyl (C=O) groups excluding carboxylic acids is 1. The average Bonchev–Trinajstić information content (AvgIpc) is 2.53. The Hall–Kier alpha value is -2.84. The quantitative estimate of drug-likeness (QED) is 0.839. The summed E-state index contributed by atoms with van der Waals surface area (Å²) in [6, 6.07) is 6.96. The van der Waals surface area contributed by atoms with Gasteiger partial charge in [0.25, 0.3) is 11.5 Å². The summed E-state index contributed by atoms with van der Waals surface area (Å²) >= 11 is 0. The van der Waals surface area contributed by atoms with Crippen LogP contribution >= 0.6 is 0 Å². The Bertz CT molecular complexity index is 787. The van der Waals surface area contributed by atoms with Gasteiger partial charge >= 0.3 is 6.18 Å². The van der Waals surface area contributed by atoms with Crippen molar-refractivity contribution in [1.82, 2.24) is 15.1 Å². The maximum absolute atomic E-state index is 12.6. The number of nitrogens with one attached hydrogen (secondary N) is 1. The molecule has 1 aromatic carbocycles. The second-order valence-corrected chi connectivity index (χ2v) is 4.81. The van der Waals surface area contributed by atoms with Crippen molar-refractivity contribution in [2.45, 2.75) is 6.18 Å². The summed E-state index contributed by atoms with van der Waals surface area (Å²) in [5, 5.41) is 6.27. The molecule has 0 aliphatic rings. The Labute approximate surface area is 134 Å². The van der Waals surface area contributed by atoms with Crippen molar-refractivity contribution in [2.24, 2.45) is 7.05 Å². The second kappa shape index (κ2) is 7.16. The van der Waals surface area contributed by atoms with Crippen molar-refractivity contribution in [2.75, 3.05) is 13.2 Å². The van der Waals surface area contributed by atoms with Crippen LogP contribution in [0.2, 0.25) is 0 Å². The van der Waals surface area contributed by atoms with Gasteiger partial charge in [-0.2, -0.15) is 18.3 Å². The summed E-state index contributed by atoms with van der Waals surface area (Å²) in [5.41, 5.74) is -1.10. The number of hydrogen-bond donors (Lipinski definition) is 1. The molecule has 0 aliphatic carbocycles. The lowest BCUT2D eigenvalue weighted by atomic mass is 10.2. The summed E-state index contributed by atoms with van der Waals surface area (Å²) in [4.78, 5) is 23.0. The van der Waals surface area contributed by atoms with Crippen LogP contribution in [0.15, 0.2) is 41.2 Å². The predicted molar refractivity (Wildman–Crippen MR) is 78.8 cm³/mol. The Morgan fingerprint density at radius 3 is 2.71 bits per heavy atom. The fraction of sp³-hybridized carbons (Fsp3) is 0.267. The Morgan fingerprint density at radius 1 is 1.29 bits per heavy atom. The van der Waals surface area contributed by atoms with E-state index < -0.39 is 17.6 Å². The summed E-state index contributed by atoms with van der Waals surface area (Å²) in [6.45, 7) is 0.0540. The molecule has 0 spiro atoms. The van der Waals surface area contributed by atoms with Crippen LogP contribution in [0, 0.1) is 0 Å². The van der Waals surface area contributed by atoms with E-state index in [1.54, 1.807) is 0 Å². The minimum Gasteiger partial charge on any atom is -0.492 e. The first-order valence-electron chi connectivity index (χ1n) is 6.90. The van der Waals surface area contributed by atoms with Crippen molar-refractivity contribution < 1.29 is 22.7 Å². The molecule has 0 radical (unpaired) electrons. The third-order valence-electron chi connectivity index (χ3n) is 3.01. The second-order valence-electron chi connectivity index (χ2n) is 4.81. The monoisotopic (exact) mass is 341 g/mol. The highest BCUT2D eigenvalue weighted by molar-refractivity contribution is 5.91. The highest BCUT2D eigenvalue weighted by Gasteiger charge is 2.30. The van der Waals surface area contributed by atoms with Crippen LogP contribution in [0.4, 0.5) is 13.2 Å². The van der Waals surface area contributed by atoms with Crippen molar-refractivity contribution in [3.05, 3.63) is 58.0 Å². The number of nitrogens with zero attached hydrogens (tertiary/aromatic N) is 2. The van der Waals surface area contributed by atoms with Gasteiger partial charge in [-0.15, -0.1) is 0 Å². The smallest absolute Gasteiger partial charge is 0.416 e. The van der Waals surface area contributed by atoms with Gasteiger partial charge in [0.1, 0.15) is 18.1 Å². The van der Waals surface area contributed by atoms with Gasteiger partial charge in [0.2, 0.25) is 0 Å². The first-order chi connectivity index (χ1) is 11.3. The average molecular weight is 341 g/mol. The number of carbonyl (C=O) groups is 1. The molecule has 0 aliphatic heterocycles. The highest BCUT2D eigenvalue weighted by atomic mass is 19.4. The maximum atomic E-state index is 12.6. The lowest BCUT2D eigenvalue weighted by Crippen LogP contribution is -2.31. The fourth-order valence-corrected chi connectivity index (χ4v) is 1.81. The third kappa shape index (κ3) is 4.58. The van der Waals surface area contributed by atoms with Crippen LogP contribution in [-0.4, -0.2) is 28.8 Å². The van der Waals surface area contributed by atoms with Gasteiger partial charge in [0.15, 0.2) is 0 Å². The molecule has 24 heavy (non-hydrogen) atoms. The zero-order valence-corrected chi connectivity index (χ0v) is 12.6. The first kappa shape index (κ1) is 17.5. The first-order valence-corrected chi connectivity index (χ1v) is 6.90. The predicted octanol–water partition coefficient (Wildman–Crippen LogP) is 1.61. The summed E-state index contributed by atoms with van der Waals surface area (Å²) in [6.07, 6.45) is -4.44. The van der Waals surface area contributed by atoms with Crippen LogP contribution in [0.5, 0.6) is 5.75 Å². The van der Waals surface area contributed by atoms with Gasteiger partial charge in [-0.05, 0) is 24.3 Å². The van der Waals surface area contributed by atoms with Crippen molar-refractivity contribution in [1.29, 1.82) is 0 Å². The molecule has 2 aromatic rings. The van der Waals surface area contributed by atoms with Gasteiger partial charge in [-0.1, -0.05) is 6.07 Å². The molecule has 0 saturated carbocycles. The van der Waals surface area contributed by atoms with Gasteiger partial charge in [0, 0.05) is 13.1 Å². The van der Waals surface area contributed by atoms with Crippen LogP contribution in [0.1, 0.15) is 16.1 Å². The Balaban J connectivity index is 1.85. The topological polar surface area (TPSA) is 73.2 Å². The normalized spacial score (nSPS) is 11.2. The van der Waals surface area contributed by atoms with E-state index in [-0.39, 0.29) is 30.2 Å². The van der Waals surface area contributed by atoms with Gasteiger partial charge in [-0.25, -0.2) is 4.68 Å². The molecule has 9 heteroatoms. The molecule has 1 heterocycles. The van der Waals surface area contributed by atoms with Crippen LogP contribution in [0.25, 0.3) is 0 Å². The summed E-state index contributed by atoms with van der Waals surface area (Å²) in [5.74, 6) is -0.461. The lowest BCUT2D eigenvalue weighted by Gasteiger charge is -2.10. The number of alkyl halides is 3. The van der Waals surface area contributed by atoms with Crippen LogP contribution in [0.3, 0.4) is 0 Å². The van der Waals surface area contributed by atoms with E-state index in [9.17, 15) is 22.8 Å². The van der Waals surface area contributed by atoms with Crippen molar-refractivity contribution >= 4 is 5.91 Å². The van der Waals surface area contributed by atoms with Crippen LogP contribution in [-0.2, 0) is 13.2 Å². The number of aryl methyl sites for hydroxylation is 1. The van der Waals surface area contributed by atoms with Gasteiger partial charge in [-0.3, -0.25) is 9.59 Å². The largest absolute Gasteiger partial charge is 0.492 e. The minimum atomic E-state index is -4.44. The van der Waals surface area contributed by atoms with E-state index in [1.807, 2.05) is 0 Å². The Kier molecular flexibility index (Phi) is 5.22. The zero-order valence-electron chi connectivity index (χ0n) is 12.6. The maximum Gasteiger partial charge on any atom is 0.416 e. The number of aromatic nitrogens is 2. The fourth-order valence-electron chi connectivity index (χ4n) is 1.81. The number of hydrogen-bond acceptors (Lipinski definition) is 4. The molecule has 1 amide bonds. The lowest BCUT2D eigenvalue weighted by molar-refractivity contribution is -0.137. The van der Waals surface area contributed by atoms with E-state index in [0.29, 0.717) is 0 Å². The minimum absolute atomic E-state index is 0.0151. The van der Waals surface area contributed by atoms with E-state index in [4.69, 9.17) is 4.74 Å². The molecule has 128 valence electrons. The third-order valence-corrected chi connectivity index (χ3v) is 3.01. The molecular weight excluding hydrogens is 327 g/mol. The number of benzene rings is 1. The van der Waals surface area contributed by atoms with E-state index in [0.717, 1.165) is 16.8 Å².